The van der Waals surface area contributed by atoms with E-state index in [0.29, 0.717) is 26.0 Å². The maximum absolute atomic E-state index is 12.2. The van der Waals surface area contributed by atoms with Crippen LogP contribution in [0.3, 0.4) is 0 Å². The Hall–Kier alpha value is -1.61. The van der Waals surface area contributed by atoms with Gasteiger partial charge < -0.3 is 4.74 Å². The van der Waals surface area contributed by atoms with Crippen LogP contribution in [-0.4, -0.2) is 24.7 Å². The van der Waals surface area contributed by atoms with Crippen molar-refractivity contribution in [1.29, 1.82) is 0 Å². The summed E-state index contributed by atoms with van der Waals surface area (Å²) in [7, 11) is 0. The fourth-order valence-corrected chi connectivity index (χ4v) is 2.49. The van der Waals surface area contributed by atoms with Crippen LogP contribution in [-0.2, 0) is 22.4 Å². The summed E-state index contributed by atoms with van der Waals surface area (Å²) in [5.41, 5.74) is 1.83. The lowest BCUT2D eigenvalue weighted by atomic mass is 9.95. The molecule has 18 heavy (non-hydrogen) atoms. The number of nitrogens with one attached hydrogen (secondary N) is 1. The number of benzene rings is 1. The molecule has 0 aliphatic heterocycles. The molecule has 0 atom stereocenters. The molecule has 1 aliphatic carbocycles. The van der Waals surface area contributed by atoms with Gasteiger partial charge in [0.05, 0.1) is 6.61 Å². The Balaban J connectivity index is 2.24. The maximum atomic E-state index is 12.2. The number of esters is 1. The van der Waals surface area contributed by atoms with Gasteiger partial charge in [-0.1, -0.05) is 30.3 Å². The third-order valence-corrected chi connectivity index (χ3v) is 3.35. The minimum Gasteiger partial charge on any atom is -0.465 e. The van der Waals surface area contributed by atoms with Crippen LogP contribution in [0.15, 0.2) is 36.9 Å². The van der Waals surface area contributed by atoms with E-state index in [1.54, 1.807) is 6.08 Å². The van der Waals surface area contributed by atoms with Gasteiger partial charge in [0.1, 0.15) is 5.54 Å². The van der Waals surface area contributed by atoms with Crippen molar-refractivity contribution in [3.63, 3.8) is 0 Å². The van der Waals surface area contributed by atoms with Crippen molar-refractivity contribution < 1.29 is 9.53 Å². The minimum atomic E-state index is -0.617. The Morgan fingerprint density at radius 2 is 2.06 bits per heavy atom. The predicted molar refractivity (Wildman–Crippen MR) is 71.4 cm³/mol. The van der Waals surface area contributed by atoms with Gasteiger partial charge in [-0.3, -0.25) is 10.1 Å². The Morgan fingerprint density at radius 1 is 1.44 bits per heavy atom. The smallest absolute Gasteiger partial charge is 0.327 e. The minimum absolute atomic E-state index is 0.164. The van der Waals surface area contributed by atoms with Crippen molar-refractivity contribution in [2.24, 2.45) is 0 Å². The number of ether oxygens (including phenoxy) is 1. The van der Waals surface area contributed by atoms with Crippen LogP contribution in [0, 0.1) is 0 Å². The highest BCUT2D eigenvalue weighted by molar-refractivity contribution is 5.83. The number of carbonyl (C=O) groups excluding carboxylic acids is 1. The summed E-state index contributed by atoms with van der Waals surface area (Å²) in [6.07, 6.45) is 3.15. The molecule has 96 valence electrons. The zero-order chi connectivity index (χ0) is 13.0. The van der Waals surface area contributed by atoms with Gasteiger partial charge in [-0.2, -0.15) is 0 Å². The van der Waals surface area contributed by atoms with Crippen LogP contribution >= 0.6 is 0 Å². The number of hydrogen-bond donors (Lipinski definition) is 1. The fraction of sp³-hybridized carbons (Fsp3) is 0.400. The number of carbonyl (C=O) groups is 1. The number of fused-ring (bicyclic) bond motifs is 1. The van der Waals surface area contributed by atoms with Gasteiger partial charge in [0.15, 0.2) is 0 Å². The predicted octanol–water partition coefficient (Wildman–Crippen LogP) is 1.86. The van der Waals surface area contributed by atoms with Crippen LogP contribution in [0.2, 0.25) is 0 Å². The molecule has 1 aromatic rings. The van der Waals surface area contributed by atoms with Crippen molar-refractivity contribution in [1.82, 2.24) is 5.32 Å². The van der Waals surface area contributed by atoms with E-state index in [2.05, 4.69) is 24.0 Å². The van der Waals surface area contributed by atoms with E-state index in [9.17, 15) is 4.79 Å². The molecule has 0 bridgehead atoms. The molecule has 0 heterocycles. The Labute approximate surface area is 108 Å². The molecule has 1 N–H and O–H groups in total. The van der Waals surface area contributed by atoms with Crippen molar-refractivity contribution >= 4 is 5.97 Å². The Kier molecular flexibility index (Phi) is 3.82. The summed E-state index contributed by atoms with van der Waals surface area (Å²) in [6.45, 7) is 6.54. The van der Waals surface area contributed by atoms with Gasteiger partial charge in [0.25, 0.3) is 0 Å². The van der Waals surface area contributed by atoms with Crippen molar-refractivity contribution in [2.45, 2.75) is 25.3 Å². The highest BCUT2D eigenvalue weighted by Gasteiger charge is 2.44. The van der Waals surface area contributed by atoms with E-state index in [-0.39, 0.29) is 5.97 Å². The van der Waals surface area contributed by atoms with Crippen molar-refractivity contribution in [2.75, 3.05) is 13.2 Å². The molecule has 0 aromatic heterocycles. The van der Waals surface area contributed by atoms with Gasteiger partial charge in [0, 0.05) is 19.4 Å². The zero-order valence-corrected chi connectivity index (χ0v) is 10.7. The zero-order valence-electron chi connectivity index (χ0n) is 10.7. The van der Waals surface area contributed by atoms with E-state index < -0.39 is 5.54 Å². The maximum Gasteiger partial charge on any atom is 0.327 e. The van der Waals surface area contributed by atoms with Crippen molar-refractivity contribution in [3.8, 4) is 0 Å². The first-order valence-corrected chi connectivity index (χ1v) is 6.32. The summed E-state index contributed by atoms with van der Waals surface area (Å²) in [4.78, 5) is 12.2. The highest BCUT2D eigenvalue weighted by atomic mass is 16.5. The number of hydrogen-bond acceptors (Lipinski definition) is 3. The molecule has 0 saturated heterocycles. The summed E-state index contributed by atoms with van der Waals surface area (Å²) >= 11 is 0. The molecular formula is C15H19NO2. The second-order valence-corrected chi connectivity index (χ2v) is 4.59. The topological polar surface area (TPSA) is 38.3 Å². The second kappa shape index (κ2) is 5.36. The molecule has 3 heteroatoms. The molecule has 1 aromatic carbocycles. The van der Waals surface area contributed by atoms with Crippen LogP contribution in [0.25, 0.3) is 0 Å². The molecule has 0 fully saturated rings. The SMILES string of the molecule is C=CCNC1(C(=O)OCC)Cc2ccccc2C1. The van der Waals surface area contributed by atoms with Crippen LogP contribution in [0.5, 0.6) is 0 Å². The second-order valence-electron chi connectivity index (χ2n) is 4.59. The molecular weight excluding hydrogens is 226 g/mol. The van der Waals surface area contributed by atoms with Gasteiger partial charge in [0.2, 0.25) is 0 Å². The number of rotatable bonds is 5. The molecule has 0 saturated carbocycles. The lowest BCUT2D eigenvalue weighted by molar-refractivity contribution is -0.150. The summed E-state index contributed by atoms with van der Waals surface area (Å²) in [6, 6.07) is 8.17. The van der Waals surface area contributed by atoms with Crippen LogP contribution < -0.4 is 5.32 Å². The first kappa shape index (κ1) is 12.8. The third-order valence-electron chi connectivity index (χ3n) is 3.35. The lowest BCUT2D eigenvalue weighted by Gasteiger charge is -2.27. The quantitative estimate of drug-likeness (QED) is 0.635. The van der Waals surface area contributed by atoms with E-state index in [0.717, 1.165) is 0 Å². The normalized spacial score (nSPS) is 16.1. The molecule has 3 nitrogen and oxygen atoms in total. The third kappa shape index (κ3) is 2.31. The lowest BCUT2D eigenvalue weighted by Crippen LogP contribution is -2.54. The highest BCUT2D eigenvalue weighted by Crippen LogP contribution is 2.31. The molecule has 1 aliphatic rings. The van der Waals surface area contributed by atoms with Gasteiger partial charge in [-0.15, -0.1) is 6.58 Å². The van der Waals surface area contributed by atoms with Gasteiger partial charge in [-0.05, 0) is 18.1 Å². The first-order chi connectivity index (χ1) is 8.72. The monoisotopic (exact) mass is 245 g/mol. The van der Waals surface area contributed by atoms with Gasteiger partial charge in [-0.25, -0.2) is 0 Å². The summed E-state index contributed by atoms with van der Waals surface area (Å²) in [5.74, 6) is -0.164. The Bertz CT molecular complexity index is 429. The summed E-state index contributed by atoms with van der Waals surface area (Å²) < 4.78 is 5.22. The van der Waals surface area contributed by atoms with E-state index in [1.807, 2.05) is 19.1 Å². The molecule has 2 rings (SSSR count). The fourth-order valence-electron chi connectivity index (χ4n) is 2.49. The van der Waals surface area contributed by atoms with Crippen LogP contribution in [0.1, 0.15) is 18.1 Å². The van der Waals surface area contributed by atoms with Gasteiger partial charge >= 0.3 is 5.97 Å². The average Bonchev–Trinajstić information content (AvgIpc) is 2.76. The standard InChI is InChI=1S/C15H19NO2/c1-3-9-16-15(14(17)18-4-2)10-12-7-5-6-8-13(12)11-15/h3,5-8,16H,1,4,9-11H2,2H3. The van der Waals surface area contributed by atoms with Crippen molar-refractivity contribution in [3.05, 3.63) is 48.0 Å². The Morgan fingerprint density at radius 3 is 2.56 bits per heavy atom. The first-order valence-electron chi connectivity index (χ1n) is 6.32. The summed E-state index contributed by atoms with van der Waals surface area (Å²) in [5, 5.41) is 3.28. The van der Waals surface area contributed by atoms with E-state index in [1.165, 1.54) is 11.1 Å². The van der Waals surface area contributed by atoms with E-state index >= 15 is 0 Å². The molecule has 0 radical (unpaired) electrons. The van der Waals surface area contributed by atoms with Crippen LogP contribution in [0.4, 0.5) is 0 Å². The average molecular weight is 245 g/mol. The largest absolute Gasteiger partial charge is 0.465 e. The molecule has 0 spiro atoms. The molecule has 0 amide bonds. The molecule has 0 unspecified atom stereocenters. The van der Waals surface area contributed by atoms with E-state index in [4.69, 9.17) is 4.74 Å².